The van der Waals surface area contributed by atoms with Crippen molar-refractivity contribution in [2.75, 3.05) is 31.6 Å². The zero-order valence-corrected chi connectivity index (χ0v) is 12.6. The van der Waals surface area contributed by atoms with E-state index in [1.807, 2.05) is 24.3 Å². The largest absolute Gasteiger partial charge is 0.395 e. The molecule has 0 aromatic heterocycles. The number of unbranched alkanes of at least 4 members (excludes halogenated alkanes) is 1. The minimum Gasteiger partial charge on any atom is -0.395 e. The van der Waals surface area contributed by atoms with Crippen molar-refractivity contribution in [3.8, 4) is 0 Å². The standard InChI is InChI=1S/C16H26N2O2/c1-3-5-11-18(12-13-19)16(20)14-8-6-7-9-15(14)17-10-4-2/h6-9,17,19H,3-5,10-13H2,1-2H3. The predicted molar refractivity (Wildman–Crippen MR) is 83.1 cm³/mol. The summed E-state index contributed by atoms with van der Waals surface area (Å²) in [5.41, 5.74) is 1.56. The molecular formula is C16H26N2O2. The predicted octanol–water partition coefficient (Wildman–Crippen LogP) is 2.74. The number of nitrogens with zero attached hydrogens (tertiary/aromatic N) is 1. The van der Waals surface area contributed by atoms with Crippen LogP contribution in [0.5, 0.6) is 0 Å². The van der Waals surface area contributed by atoms with Crippen LogP contribution in [0.4, 0.5) is 5.69 Å². The third-order valence-corrected chi connectivity index (χ3v) is 3.16. The summed E-state index contributed by atoms with van der Waals surface area (Å²) < 4.78 is 0. The van der Waals surface area contributed by atoms with Gasteiger partial charge in [0.15, 0.2) is 0 Å². The van der Waals surface area contributed by atoms with Gasteiger partial charge in [0, 0.05) is 25.3 Å². The SMILES string of the molecule is CCCCN(CCO)C(=O)c1ccccc1NCCC. The molecule has 20 heavy (non-hydrogen) atoms. The van der Waals surface area contributed by atoms with E-state index in [2.05, 4.69) is 19.2 Å². The molecule has 0 heterocycles. The van der Waals surface area contributed by atoms with Gasteiger partial charge in [-0.25, -0.2) is 0 Å². The second kappa shape index (κ2) is 9.37. The van der Waals surface area contributed by atoms with E-state index in [0.29, 0.717) is 18.7 Å². The number of nitrogens with one attached hydrogen (secondary N) is 1. The Balaban J connectivity index is 2.86. The fourth-order valence-corrected chi connectivity index (χ4v) is 2.04. The van der Waals surface area contributed by atoms with Gasteiger partial charge in [0.2, 0.25) is 0 Å². The summed E-state index contributed by atoms with van der Waals surface area (Å²) in [5, 5.41) is 12.4. The molecule has 0 bridgehead atoms. The van der Waals surface area contributed by atoms with Crippen LogP contribution in [-0.2, 0) is 0 Å². The molecule has 4 nitrogen and oxygen atoms in total. The van der Waals surface area contributed by atoms with Crippen molar-refractivity contribution in [1.82, 2.24) is 4.90 Å². The molecule has 0 fully saturated rings. The first-order valence-electron chi connectivity index (χ1n) is 7.47. The average Bonchev–Trinajstić information content (AvgIpc) is 2.49. The van der Waals surface area contributed by atoms with E-state index in [1.165, 1.54) is 0 Å². The topological polar surface area (TPSA) is 52.6 Å². The Morgan fingerprint density at radius 3 is 2.60 bits per heavy atom. The van der Waals surface area contributed by atoms with Gasteiger partial charge in [-0.05, 0) is 25.0 Å². The number of amides is 1. The Morgan fingerprint density at radius 2 is 1.95 bits per heavy atom. The summed E-state index contributed by atoms with van der Waals surface area (Å²) in [5.74, 6) is -0.00768. The molecule has 0 aliphatic rings. The highest BCUT2D eigenvalue weighted by Gasteiger charge is 2.17. The molecule has 1 amide bonds. The van der Waals surface area contributed by atoms with Crippen molar-refractivity contribution in [2.24, 2.45) is 0 Å². The zero-order chi connectivity index (χ0) is 14.8. The maximum atomic E-state index is 12.6. The van der Waals surface area contributed by atoms with Crippen molar-refractivity contribution in [2.45, 2.75) is 33.1 Å². The fraction of sp³-hybridized carbons (Fsp3) is 0.562. The summed E-state index contributed by atoms with van der Waals surface area (Å²) in [6.45, 7) is 6.12. The highest BCUT2D eigenvalue weighted by atomic mass is 16.3. The van der Waals surface area contributed by atoms with Gasteiger partial charge >= 0.3 is 0 Å². The van der Waals surface area contributed by atoms with Crippen LogP contribution < -0.4 is 5.32 Å². The molecule has 0 atom stereocenters. The molecule has 0 spiro atoms. The second-order valence-electron chi connectivity index (χ2n) is 4.84. The lowest BCUT2D eigenvalue weighted by Crippen LogP contribution is -2.34. The van der Waals surface area contributed by atoms with Crippen LogP contribution >= 0.6 is 0 Å². The minimum absolute atomic E-state index is 0.00000968. The van der Waals surface area contributed by atoms with E-state index >= 15 is 0 Å². The number of hydrogen-bond donors (Lipinski definition) is 2. The molecule has 0 unspecified atom stereocenters. The van der Waals surface area contributed by atoms with Crippen LogP contribution in [0.15, 0.2) is 24.3 Å². The number of rotatable bonds is 9. The molecule has 1 rings (SSSR count). The van der Waals surface area contributed by atoms with Crippen molar-refractivity contribution in [3.05, 3.63) is 29.8 Å². The highest BCUT2D eigenvalue weighted by molar-refractivity contribution is 5.99. The number of anilines is 1. The summed E-state index contributed by atoms with van der Waals surface area (Å²) in [7, 11) is 0. The van der Waals surface area contributed by atoms with Gasteiger partial charge in [-0.15, -0.1) is 0 Å². The molecule has 112 valence electrons. The molecule has 0 aliphatic heterocycles. The van der Waals surface area contributed by atoms with Crippen molar-refractivity contribution in [3.63, 3.8) is 0 Å². The molecule has 2 N–H and O–H groups in total. The quantitative estimate of drug-likeness (QED) is 0.730. The summed E-state index contributed by atoms with van der Waals surface area (Å²) in [6, 6.07) is 7.58. The van der Waals surface area contributed by atoms with Gasteiger partial charge in [-0.1, -0.05) is 32.4 Å². The first-order valence-corrected chi connectivity index (χ1v) is 7.47. The molecule has 0 radical (unpaired) electrons. The monoisotopic (exact) mass is 278 g/mol. The van der Waals surface area contributed by atoms with E-state index in [9.17, 15) is 4.79 Å². The van der Waals surface area contributed by atoms with E-state index in [0.717, 1.165) is 31.5 Å². The van der Waals surface area contributed by atoms with Gasteiger partial charge in [-0.2, -0.15) is 0 Å². The highest BCUT2D eigenvalue weighted by Crippen LogP contribution is 2.17. The Hall–Kier alpha value is -1.55. The summed E-state index contributed by atoms with van der Waals surface area (Å²) in [4.78, 5) is 14.3. The maximum absolute atomic E-state index is 12.6. The van der Waals surface area contributed by atoms with Crippen molar-refractivity contribution in [1.29, 1.82) is 0 Å². The van der Waals surface area contributed by atoms with Crippen LogP contribution in [-0.4, -0.2) is 42.2 Å². The molecule has 1 aromatic carbocycles. The third kappa shape index (κ3) is 4.85. The van der Waals surface area contributed by atoms with Crippen LogP contribution in [0.25, 0.3) is 0 Å². The Labute approximate surface area is 121 Å². The first-order chi connectivity index (χ1) is 9.74. The number of carbonyl (C=O) groups excluding carboxylic acids is 1. The Morgan fingerprint density at radius 1 is 1.20 bits per heavy atom. The lowest BCUT2D eigenvalue weighted by molar-refractivity contribution is 0.0720. The molecular weight excluding hydrogens is 252 g/mol. The van der Waals surface area contributed by atoms with Crippen LogP contribution in [0.1, 0.15) is 43.5 Å². The number of aliphatic hydroxyl groups is 1. The van der Waals surface area contributed by atoms with Gasteiger partial charge in [0.1, 0.15) is 0 Å². The van der Waals surface area contributed by atoms with Gasteiger partial charge in [0.25, 0.3) is 5.91 Å². The fourth-order valence-electron chi connectivity index (χ4n) is 2.04. The second-order valence-corrected chi connectivity index (χ2v) is 4.84. The number of aliphatic hydroxyl groups excluding tert-OH is 1. The van der Waals surface area contributed by atoms with Gasteiger partial charge in [0.05, 0.1) is 12.2 Å². The number of benzene rings is 1. The molecule has 0 aliphatic carbocycles. The first kappa shape index (κ1) is 16.5. The maximum Gasteiger partial charge on any atom is 0.256 e. The Kier molecular flexibility index (Phi) is 7.73. The smallest absolute Gasteiger partial charge is 0.256 e. The van der Waals surface area contributed by atoms with Crippen molar-refractivity contribution >= 4 is 11.6 Å². The zero-order valence-electron chi connectivity index (χ0n) is 12.6. The third-order valence-electron chi connectivity index (χ3n) is 3.16. The average molecular weight is 278 g/mol. The van der Waals surface area contributed by atoms with E-state index in [1.54, 1.807) is 4.90 Å². The van der Waals surface area contributed by atoms with E-state index in [4.69, 9.17) is 5.11 Å². The molecule has 1 aromatic rings. The van der Waals surface area contributed by atoms with Gasteiger partial charge in [-0.3, -0.25) is 4.79 Å². The van der Waals surface area contributed by atoms with Crippen LogP contribution in [0.2, 0.25) is 0 Å². The molecule has 4 heteroatoms. The molecule has 0 saturated heterocycles. The minimum atomic E-state index is -0.00768. The van der Waals surface area contributed by atoms with E-state index in [-0.39, 0.29) is 12.5 Å². The summed E-state index contributed by atoms with van der Waals surface area (Å²) >= 11 is 0. The lowest BCUT2D eigenvalue weighted by Gasteiger charge is -2.23. The van der Waals surface area contributed by atoms with Crippen molar-refractivity contribution < 1.29 is 9.90 Å². The summed E-state index contributed by atoms with van der Waals surface area (Å²) in [6.07, 6.45) is 3.00. The van der Waals surface area contributed by atoms with Crippen LogP contribution in [0, 0.1) is 0 Å². The van der Waals surface area contributed by atoms with Crippen LogP contribution in [0.3, 0.4) is 0 Å². The van der Waals surface area contributed by atoms with E-state index < -0.39 is 0 Å². The van der Waals surface area contributed by atoms with Gasteiger partial charge < -0.3 is 15.3 Å². The number of carbonyl (C=O) groups is 1. The number of hydrogen-bond acceptors (Lipinski definition) is 3. The number of para-hydroxylation sites is 1. The Bertz CT molecular complexity index is 407. The normalized spacial score (nSPS) is 10.3. The lowest BCUT2D eigenvalue weighted by atomic mass is 10.1. The molecule has 0 saturated carbocycles.